The van der Waals surface area contributed by atoms with Gasteiger partial charge >= 0.3 is 0 Å². The van der Waals surface area contributed by atoms with Gasteiger partial charge in [-0.15, -0.1) is 0 Å². The first-order valence-electron chi connectivity index (χ1n) is 10.8. The number of rotatable bonds is 5. The van der Waals surface area contributed by atoms with Crippen LogP contribution in [-0.2, 0) is 9.59 Å². The molecule has 0 N–H and O–H groups in total. The Morgan fingerprint density at radius 2 is 1.53 bits per heavy atom. The molecule has 0 bridgehead atoms. The number of imide groups is 1. The van der Waals surface area contributed by atoms with Crippen LogP contribution in [0.5, 0.6) is 0 Å². The van der Waals surface area contributed by atoms with Crippen molar-refractivity contribution in [2.24, 2.45) is 17.8 Å². The van der Waals surface area contributed by atoms with Crippen LogP contribution in [0.2, 0.25) is 5.02 Å². The Labute approximate surface area is 192 Å². The molecule has 2 aromatic rings. The summed E-state index contributed by atoms with van der Waals surface area (Å²) in [5.74, 6) is -2.28. The van der Waals surface area contributed by atoms with Crippen molar-refractivity contribution in [3.63, 3.8) is 0 Å². The van der Waals surface area contributed by atoms with Gasteiger partial charge in [0.2, 0.25) is 0 Å². The van der Waals surface area contributed by atoms with Crippen LogP contribution in [0.3, 0.4) is 0 Å². The van der Waals surface area contributed by atoms with E-state index in [1.54, 1.807) is 36.4 Å². The van der Waals surface area contributed by atoms with Gasteiger partial charge < -0.3 is 0 Å². The first-order chi connectivity index (χ1) is 15.3. The van der Waals surface area contributed by atoms with Crippen LogP contribution in [0.1, 0.15) is 52.5 Å². The molecule has 32 heavy (non-hydrogen) atoms. The van der Waals surface area contributed by atoms with Gasteiger partial charge in [-0.25, -0.2) is 5.01 Å². The van der Waals surface area contributed by atoms with Crippen LogP contribution in [0, 0.1) is 24.7 Å². The maximum atomic E-state index is 13.4. The van der Waals surface area contributed by atoms with Gasteiger partial charge in [-0.05, 0) is 56.4 Å². The molecule has 2 fully saturated rings. The number of Topliss-reactive ketones (excluding diaryl/α,β-unsaturated/α-hetero) is 1. The van der Waals surface area contributed by atoms with Gasteiger partial charge in [0.05, 0.1) is 11.8 Å². The summed E-state index contributed by atoms with van der Waals surface area (Å²) in [4.78, 5) is 52.9. The average Bonchev–Trinajstić information content (AvgIpc) is 3.02. The summed E-state index contributed by atoms with van der Waals surface area (Å²) in [6, 6.07) is 13.1. The first kappa shape index (κ1) is 22.2. The second-order valence-electron chi connectivity index (χ2n) is 8.78. The molecule has 2 aliphatic rings. The predicted molar refractivity (Wildman–Crippen MR) is 120 cm³/mol. The van der Waals surface area contributed by atoms with Crippen LogP contribution in [0.15, 0.2) is 48.5 Å². The Hall–Kier alpha value is -2.99. The monoisotopic (exact) mass is 452 g/mol. The Morgan fingerprint density at radius 3 is 2.19 bits per heavy atom. The highest BCUT2D eigenvalue weighted by Crippen LogP contribution is 2.41. The molecule has 3 amide bonds. The topological polar surface area (TPSA) is 74.8 Å². The summed E-state index contributed by atoms with van der Waals surface area (Å²) < 4.78 is 0. The van der Waals surface area contributed by atoms with Crippen molar-refractivity contribution < 1.29 is 19.2 Å². The number of hydrogen-bond donors (Lipinski definition) is 0. The van der Waals surface area contributed by atoms with Crippen LogP contribution in [0.4, 0.5) is 0 Å². The van der Waals surface area contributed by atoms with Crippen LogP contribution >= 0.6 is 11.6 Å². The molecule has 0 unspecified atom stereocenters. The molecule has 1 aliphatic heterocycles. The number of ketones is 1. The van der Waals surface area contributed by atoms with Crippen molar-refractivity contribution in [2.45, 2.75) is 33.1 Å². The molecule has 1 saturated heterocycles. The van der Waals surface area contributed by atoms with Gasteiger partial charge in [0.15, 0.2) is 5.78 Å². The zero-order valence-corrected chi connectivity index (χ0v) is 18.8. The third-order valence-electron chi connectivity index (χ3n) is 6.40. The highest BCUT2D eigenvalue weighted by Gasteiger charge is 2.52. The fourth-order valence-electron chi connectivity index (χ4n) is 4.55. The fourth-order valence-corrected chi connectivity index (χ4v) is 4.68. The minimum Gasteiger partial charge on any atom is -0.292 e. The smallest absolute Gasteiger partial charge is 0.273 e. The van der Waals surface area contributed by atoms with E-state index >= 15 is 0 Å². The molecular formula is C25H25ClN2O4. The summed E-state index contributed by atoms with van der Waals surface area (Å²) in [7, 11) is 0. The molecule has 6 nitrogen and oxygen atoms in total. The lowest BCUT2D eigenvalue weighted by atomic mass is 9.76. The second kappa shape index (κ2) is 8.87. The zero-order chi connectivity index (χ0) is 23.0. The third kappa shape index (κ3) is 4.19. The Kier molecular flexibility index (Phi) is 6.15. The molecule has 0 spiro atoms. The van der Waals surface area contributed by atoms with E-state index in [9.17, 15) is 19.2 Å². The second-order valence-corrected chi connectivity index (χ2v) is 9.21. The van der Waals surface area contributed by atoms with Gasteiger partial charge in [0.1, 0.15) is 6.54 Å². The van der Waals surface area contributed by atoms with Crippen molar-refractivity contribution >= 4 is 35.1 Å². The Balaban J connectivity index is 1.68. The van der Waals surface area contributed by atoms with Crippen molar-refractivity contribution in [1.82, 2.24) is 10.0 Å². The Morgan fingerprint density at radius 1 is 0.938 bits per heavy atom. The molecule has 2 aromatic carbocycles. The molecule has 0 radical (unpaired) electrons. The van der Waals surface area contributed by atoms with Crippen LogP contribution in [0.25, 0.3) is 0 Å². The lowest BCUT2D eigenvalue weighted by molar-refractivity contribution is -0.154. The van der Waals surface area contributed by atoms with E-state index in [4.69, 9.17) is 11.6 Å². The highest BCUT2D eigenvalue weighted by molar-refractivity contribution is 6.30. The standard InChI is InChI=1S/C25H25ClN2O4/c1-15-3-6-17(7-4-15)22(29)14-27(23(30)18-8-10-19(26)11-9-18)28-24(31)20-12-5-16(2)13-21(20)25(28)32/h3-4,6-11,16,20-21H,5,12-14H2,1-2H3/t16-,20+,21-/m0/s1. The normalized spacial score (nSPS) is 22.6. The lowest BCUT2D eigenvalue weighted by Crippen LogP contribution is -2.52. The number of amides is 3. The zero-order valence-electron chi connectivity index (χ0n) is 18.1. The summed E-state index contributed by atoms with van der Waals surface area (Å²) in [5, 5.41) is 2.40. The number of hydrogen-bond acceptors (Lipinski definition) is 4. The van der Waals surface area contributed by atoms with Crippen molar-refractivity contribution in [2.75, 3.05) is 6.54 Å². The van der Waals surface area contributed by atoms with E-state index in [0.717, 1.165) is 22.0 Å². The van der Waals surface area contributed by atoms with Gasteiger partial charge in [-0.3, -0.25) is 19.2 Å². The number of aryl methyl sites for hydroxylation is 1. The van der Waals surface area contributed by atoms with Crippen molar-refractivity contribution in [3.8, 4) is 0 Å². The average molecular weight is 453 g/mol. The van der Waals surface area contributed by atoms with Crippen LogP contribution < -0.4 is 0 Å². The minimum absolute atomic E-state index is 0.245. The van der Waals surface area contributed by atoms with E-state index in [1.165, 1.54) is 12.1 Å². The molecule has 1 heterocycles. The van der Waals surface area contributed by atoms with E-state index < -0.39 is 36.1 Å². The molecule has 1 saturated carbocycles. The minimum atomic E-state index is -0.587. The summed E-state index contributed by atoms with van der Waals surface area (Å²) in [5.41, 5.74) is 1.66. The number of halogens is 1. The van der Waals surface area contributed by atoms with Crippen molar-refractivity contribution in [3.05, 3.63) is 70.2 Å². The summed E-state index contributed by atoms with van der Waals surface area (Å²) in [6.07, 6.45) is 2.09. The predicted octanol–water partition coefficient (Wildman–Crippen LogP) is 4.31. The lowest BCUT2D eigenvalue weighted by Gasteiger charge is -2.30. The largest absolute Gasteiger partial charge is 0.292 e. The highest BCUT2D eigenvalue weighted by atomic mass is 35.5. The molecule has 1 aliphatic carbocycles. The molecule has 0 aromatic heterocycles. The molecule has 3 atom stereocenters. The summed E-state index contributed by atoms with van der Waals surface area (Å²) in [6.45, 7) is 3.57. The number of carbonyl (C=O) groups excluding carboxylic acids is 4. The fraction of sp³-hybridized carbons (Fsp3) is 0.360. The maximum absolute atomic E-state index is 13.4. The summed E-state index contributed by atoms with van der Waals surface area (Å²) >= 11 is 5.95. The Bertz CT molecular complexity index is 1060. The van der Waals surface area contributed by atoms with Gasteiger partial charge in [0.25, 0.3) is 17.7 Å². The number of hydrazine groups is 1. The molecule has 7 heteroatoms. The van der Waals surface area contributed by atoms with Gasteiger partial charge in [-0.2, -0.15) is 5.01 Å². The van der Waals surface area contributed by atoms with Crippen molar-refractivity contribution in [1.29, 1.82) is 0 Å². The number of nitrogens with zero attached hydrogens (tertiary/aromatic N) is 2. The molecule has 4 rings (SSSR count). The third-order valence-corrected chi connectivity index (χ3v) is 6.65. The van der Waals surface area contributed by atoms with Gasteiger partial charge in [0, 0.05) is 16.1 Å². The SMILES string of the molecule is Cc1ccc(C(=O)CN(C(=O)c2ccc(Cl)cc2)N2C(=O)[C@H]3C[C@@H](C)CC[C@H]3C2=O)cc1. The van der Waals surface area contributed by atoms with E-state index in [0.29, 0.717) is 29.3 Å². The van der Waals surface area contributed by atoms with E-state index in [1.807, 2.05) is 6.92 Å². The first-order valence-corrected chi connectivity index (χ1v) is 11.2. The van der Waals surface area contributed by atoms with E-state index in [-0.39, 0.29) is 11.3 Å². The number of benzene rings is 2. The number of fused-ring (bicyclic) bond motifs is 1. The van der Waals surface area contributed by atoms with Crippen LogP contribution in [-0.4, -0.2) is 40.1 Å². The quantitative estimate of drug-likeness (QED) is 0.500. The number of carbonyl (C=O) groups is 4. The maximum Gasteiger partial charge on any atom is 0.273 e. The van der Waals surface area contributed by atoms with E-state index in [2.05, 4.69) is 6.92 Å². The van der Waals surface area contributed by atoms with Gasteiger partial charge in [-0.1, -0.05) is 48.4 Å². The molecular weight excluding hydrogens is 428 g/mol. The molecule has 166 valence electrons.